The van der Waals surface area contributed by atoms with E-state index in [1.807, 2.05) is 21.1 Å². The largest absolute Gasteiger partial charge is 0.472 e. The van der Waals surface area contributed by atoms with E-state index in [1.165, 1.54) is 212 Å². The summed E-state index contributed by atoms with van der Waals surface area (Å²) in [6.45, 7) is 4.81. The van der Waals surface area contributed by atoms with Crippen LogP contribution < -0.4 is 5.32 Å². The van der Waals surface area contributed by atoms with Gasteiger partial charge in [-0.1, -0.05) is 294 Å². The van der Waals surface area contributed by atoms with Gasteiger partial charge in [0.1, 0.15) is 13.2 Å². The molecule has 3 atom stereocenters. The third-order valence-electron chi connectivity index (χ3n) is 14.3. The fourth-order valence-electron chi connectivity index (χ4n) is 9.45. The molecule has 0 heterocycles. The quantitative estimate of drug-likeness (QED) is 0.0243. The van der Waals surface area contributed by atoms with Crippen molar-refractivity contribution in [2.24, 2.45) is 0 Å². The van der Waals surface area contributed by atoms with E-state index >= 15 is 0 Å². The fourth-order valence-corrected chi connectivity index (χ4v) is 10.2. The highest BCUT2D eigenvalue weighted by atomic mass is 31.2. The number of carbonyl (C=O) groups is 1. The number of quaternary nitrogens is 1. The standard InChI is InChI=1S/C64H123N2O6P/c1-6-8-10-12-14-16-18-20-22-23-24-25-26-27-28-29-30-31-32-33-34-35-36-37-38-39-40-41-42-43-44-46-48-50-52-54-56-58-64(68)65-62(61-72-73(69,70)71-60-59-66(3,4)5)63(67)57-55-53-51-49-47-45-21-19-17-15-13-11-9-7-2/h8,10,14,16,20,22,24-25,62-63,67H,6-7,9,11-13,15,17-19,21,23,26-61H2,1-5H3,(H-,65,68,69,70)/p+1/b10-8-,16-14-,22-20-,25-24-. The number of aliphatic hydroxyl groups is 1. The van der Waals surface area contributed by atoms with Crippen LogP contribution in [0, 0.1) is 0 Å². The maximum Gasteiger partial charge on any atom is 0.472 e. The van der Waals surface area contributed by atoms with Crippen molar-refractivity contribution in [2.75, 3.05) is 40.9 Å². The van der Waals surface area contributed by atoms with Crippen molar-refractivity contribution in [3.05, 3.63) is 48.6 Å². The molecule has 1 amide bonds. The highest BCUT2D eigenvalue weighted by Crippen LogP contribution is 2.43. The highest BCUT2D eigenvalue weighted by Gasteiger charge is 2.28. The van der Waals surface area contributed by atoms with Gasteiger partial charge in [-0.2, -0.15) is 0 Å². The van der Waals surface area contributed by atoms with Gasteiger partial charge < -0.3 is 19.8 Å². The van der Waals surface area contributed by atoms with E-state index in [9.17, 15) is 19.4 Å². The lowest BCUT2D eigenvalue weighted by Gasteiger charge is -2.26. The Bertz CT molecular complexity index is 1330. The number of likely N-dealkylation sites (N-methyl/N-ethyl adjacent to an activating group) is 1. The summed E-state index contributed by atoms with van der Waals surface area (Å²) in [6, 6.07) is -0.758. The summed E-state index contributed by atoms with van der Waals surface area (Å²) in [5.74, 6) is -0.139. The van der Waals surface area contributed by atoms with Gasteiger partial charge in [0.05, 0.1) is 39.9 Å². The summed E-state index contributed by atoms with van der Waals surface area (Å²) in [4.78, 5) is 23.3. The zero-order valence-electron chi connectivity index (χ0n) is 49.1. The molecule has 73 heavy (non-hydrogen) atoms. The van der Waals surface area contributed by atoms with Crippen LogP contribution in [0.25, 0.3) is 0 Å². The van der Waals surface area contributed by atoms with Crippen LogP contribution in [0.3, 0.4) is 0 Å². The van der Waals surface area contributed by atoms with E-state index in [2.05, 4.69) is 67.8 Å². The Hall–Kier alpha value is -1.54. The molecule has 0 spiro atoms. The van der Waals surface area contributed by atoms with Crippen LogP contribution >= 0.6 is 7.82 Å². The molecule has 0 aliphatic rings. The van der Waals surface area contributed by atoms with Crippen molar-refractivity contribution >= 4 is 13.7 Å². The van der Waals surface area contributed by atoms with Gasteiger partial charge in [0, 0.05) is 6.42 Å². The Kier molecular flexibility index (Phi) is 54.1. The molecule has 0 aromatic heterocycles. The van der Waals surface area contributed by atoms with Crippen LogP contribution in [-0.2, 0) is 18.4 Å². The van der Waals surface area contributed by atoms with Gasteiger partial charge in [0.15, 0.2) is 0 Å². The first-order chi connectivity index (χ1) is 35.5. The summed E-state index contributed by atoms with van der Waals surface area (Å²) in [6.07, 6.45) is 73.4. The van der Waals surface area contributed by atoms with Crippen molar-refractivity contribution < 1.29 is 32.9 Å². The molecule has 430 valence electrons. The molecule has 0 saturated carbocycles. The Morgan fingerprint density at radius 2 is 0.822 bits per heavy atom. The molecule has 0 aliphatic carbocycles. The molecule has 9 heteroatoms. The topological polar surface area (TPSA) is 105 Å². The molecule has 3 N–H and O–H groups in total. The first-order valence-corrected chi connectivity index (χ1v) is 33.0. The number of hydrogen-bond acceptors (Lipinski definition) is 5. The van der Waals surface area contributed by atoms with Gasteiger partial charge in [-0.3, -0.25) is 13.8 Å². The van der Waals surface area contributed by atoms with Crippen molar-refractivity contribution in [3.8, 4) is 0 Å². The molecule has 0 radical (unpaired) electrons. The lowest BCUT2D eigenvalue weighted by molar-refractivity contribution is -0.870. The minimum atomic E-state index is -4.32. The molecule has 0 aromatic carbocycles. The number of nitrogens with zero attached hydrogens (tertiary/aromatic N) is 1. The lowest BCUT2D eigenvalue weighted by Crippen LogP contribution is -2.46. The lowest BCUT2D eigenvalue weighted by atomic mass is 10.0. The van der Waals surface area contributed by atoms with Crippen LogP contribution in [0.5, 0.6) is 0 Å². The highest BCUT2D eigenvalue weighted by molar-refractivity contribution is 7.47. The van der Waals surface area contributed by atoms with Gasteiger partial charge in [0.25, 0.3) is 0 Å². The van der Waals surface area contributed by atoms with E-state index in [0.717, 1.165) is 64.2 Å². The molecular formula is C64H124N2O6P+. The van der Waals surface area contributed by atoms with Crippen molar-refractivity contribution in [3.63, 3.8) is 0 Å². The molecule has 0 rings (SSSR count). The van der Waals surface area contributed by atoms with Crippen molar-refractivity contribution in [1.29, 1.82) is 0 Å². The Balaban J connectivity index is 3.90. The van der Waals surface area contributed by atoms with Crippen molar-refractivity contribution in [1.82, 2.24) is 5.32 Å². The minimum Gasteiger partial charge on any atom is -0.391 e. The van der Waals surface area contributed by atoms with Crippen LogP contribution in [0.4, 0.5) is 0 Å². The number of hydrogen-bond donors (Lipinski definition) is 3. The maximum absolute atomic E-state index is 13.0. The van der Waals surface area contributed by atoms with Crippen LogP contribution in [0.2, 0.25) is 0 Å². The Morgan fingerprint density at radius 1 is 0.479 bits per heavy atom. The smallest absolute Gasteiger partial charge is 0.391 e. The summed E-state index contributed by atoms with van der Waals surface area (Å²) in [5, 5.41) is 14.1. The molecule has 8 nitrogen and oxygen atoms in total. The van der Waals surface area contributed by atoms with Crippen LogP contribution in [0.1, 0.15) is 303 Å². The molecular weight excluding hydrogens is 924 g/mol. The van der Waals surface area contributed by atoms with E-state index in [-0.39, 0.29) is 19.1 Å². The SMILES string of the molecule is CC/C=C\C/C=C\C/C=C\C/C=C\CCCCCCCCCCCCCCCCCCCCCCCCCCC(=O)NC(COP(=O)(O)OCC[N+](C)(C)C)C(O)CCCCCCCCCCCCCCCC. The second-order valence-corrected chi connectivity index (χ2v) is 24.2. The second kappa shape index (κ2) is 55.2. The van der Waals surface area contributed by atoms with E-state index in [1.54, 1.807) is 0 Å². The van der Waals surface area contributed by atoms with Gasteiger partial charge in [-0.05, 0) is 51.4 Å². The summed E-state index contributed by atoms with van der Waals surface area (Å²) >= 11 is 0. The number of rotatable bonds is 58. The third-order valence-corrected chi connectivity index (χ3v) is 15.3. The minimum absolute atomic E-state index is 0.0765. The van der Waals surface area contributed by atoms with Gasteiger partial charge >= 0.3 is 7.82 Å². The number of aliphatic hydroxyl groups excluding tert-OH is 1. The summed E-state index contributed by atoms with van der Waals surface area (Å²) in [5.41, 5.74) is 0. The Morgan fingerprint density at radius 3 is 1.21 bits per heavy atom. The number of nitrogens with one attached hydrogen (secondary N) is 1. The van der Waals surface area contributed by atoms with Gasteiger partial charge in [0.2, 0.25) is 5.91 Å². The van der Waals surface area contributed by atoms with Crippen LogP contribution in [-0.4, -0.2) is 73.4 Å². The van der Waals surface area contributed by atoms with Gasteiger partial charge in [-0.25, -0.2) is 4.57 Å². The zero-order chi connectivity index (χ0) is 53.5. The van der Waals surface area contributed by atoms with Crippen molar-refractivity contribution in [2.45, 2.75) is 315 Å². The predicted molar refractivity (Wildman–Crippen MR) is 318 cm³/mol. The number of unbranched alkanes of at least 4 members (excludes halogenated alkanes) is 37. The molecule has 0 fully saturated rings. The van der Waals surface area contributed by atoms with E-state index in [4.69, 9.17) is 9.05 Å². The fraction of sp³-hybridized carbons (Fsp3) is 0.859. The molecule has 0 saturated heterocycles. The van der Waals surface area contributed by atoms with E-state index in [0.29, 0.717) is 23.9 Å². The number of amides is 1. The average Bonchev–Trinajstić information content (AvgIpc) is 3.35. The van der Waals surface area contributed by atoms with Crippen LogP contribution in [0.15, 0.2) is 48.6 Å². The third kappa shape index (κ3) is 58.0. The summed E-state index contributed by atoms with van der Waals surface area (Å²) in [7, 11) is 1.63. The van der Waals surface area contributed by atoms with E-state index < -0.39 is 20.0 Å². The first-order valence-electron chi connectivity index (χ1n) is 31.5. The Labute approximate surface area is 454 Å². The normalized spacial score (nSPS) is 14.1. The maximum atomic E-state index is 13.0. The predicted octanol–water partition coefficient (Wildman–Crippen LogP) is 19.5. The molecule has 0 aliphatic heterocycles. The molecule has 0 bridgehead atoms. The molecule has 0 aromatic rings. The number of carbonyl (C=O) groups excluding carboxylic acids is 1. The number of allylic oxidation sites excluding steroid dienone is 8. The number of phosphoric ester groups is 1. The first kappa shape index (κ1) is 71.5. The summed E-state index contributed by atoms with van der Waals surface area (Å²) < 4.78 is 23.8. The average molecular weight is 1050 g/mol. The monoisotopic (exact) mass is 1050 g/mol. The number of phosphoric acid groups is 1. The molecule has 3 unspecified atom stereocenters. The zero-order valence-corrected chi connectivity index (χ0v) is 50.0. The van der Waals surface area contributed by atoms with Gasteiger partial charge in [-0.15, -0.1) is 0 Å². The second-order valence-electron chi connectivity index (χ2n) is 22.8.